The molecule has 1 aliphatic rings. The van der Waals surface area contributed by atoms with Gasteiger partial charge in [-0.25, -0.2) is 0 Å². The van der Waals surface area contributed by atoms with Gasteiger partial charge in [-0.15, -0.1) is 4.40 Å². The lowest BCUT2D eigenvalue weighted by Crippen LogP contribution is -2.20. The maximum absolute atomic E-state index is 11.8. The van der Waals surface area contributed by atoms with Crippen molar-refractivity contribution in [2.24, 2.45) is 4.40 Å². The van der Waals surface area contributed by atoms with Gasteiger partial charge in [-0.2, -0.15) is 8.42 Å². The predicted molar refractivity (Wildman–Crippen MR) is 65.0 cm³/mol. The van der Waals surface area contributed by atoms with E-state index in [1.165, 1.54) is 12.1 Å². The molecule has 16 heavy (non-hydrogen) atoms. The summed E-state index contributed by atoms with van der Waals surface area (Å²) in [7, 11) is -3.66. The Morgan fingerprint density at radius 2 is 1.94 bits per heavy atom. The lowest BCUT2D eigenvalue weighted by atomic mass is 10.3. The topological polar surface area (TPSA) is 58.5 Å². The van der Waals surface area contributed by atoms with Gasteiger partial charge in [0.2, 0.25) is 0 Å². The zero-order valence-electron chi connectivity index (χ0n) is 8.29. The van der Waals surface area contributed by atoms with Crippen molar-refractivity contribution < 1.29 is 8.42 Å². The molecule has 0 spiro atoms. The first-order chi connectivity index (χ1) is 7.44. The van der Waals surface area contributed by atoms with Crippen molar-refractivity contribution in [2.45, 2.75) is 18.2 Å². The molecule has 2 rings (SSSR count). The Morgan fingerprint density at radius 1 is 1.31 bits per heavy atom. The predicted octanol–water partition coefficient (Wildman–Crippen LogP) is 2.92. The molecule has 1 aromatic carbocycles. The summed E-state index contributed by atoms with van der Waals surface area (Å²) < 4.78 is 27.2. The molecule has 0 atom stereocenters. The molecule has 1 aliphatic heterocycles. The fourth-order valence-electron chi connectivity index (χ4n) is 1.37. The molecule has 0 saturated heterocycles. The number of halogens is 2. The average Bonchev–Trinajstić information content (AvgIpc) is 2.20. The van der Waals surface area contributed by atoms with Crippen LogP contribution in [-0.2, 0) is 10.0 Å². The molecule has 7 heteroatoms. The van der Waals surface area contributed by atoms with Crippen molar-refractivity contribution in [2.75, 3.05) is 5.32 Å². The van der Waals surface area contributed by atoms with Gasteiger partial charge in [0.15, 0.2) is 0 Å². The largest absolute Gasteiger partial charge is 0.342 e. The number of nitrogens with one attached hydrogen (secondary N) is 1. The molecular formula is C9H8Cl2N2O2S. The van der Waals surface area contributed by atoms with Crippen molar-refractivity contribution in [3.63, 3.8) is 0 Å². The van der Waals surface area contributed by atoms with E-state index in [0.717, 1.165) is 0 Å². The number of hydrogen-bond donors (Lipinski definition) is 1. The van der Waals surface area contributed by atoms with Crippen molar-refractivity contribution in [3.05, 3.63) is 22.2 Å². The van der Waals surface area contributed by atoms with Crippen LogP contribution in [0, 0.1) is 0 Å². The number of sulfonamides is 1. The Hall–Kier alpha value is -0.780. The first-order valence-corrected chi connectivity index (χ1v) is 6.73. The fraction of sp³-hybridized carbons (Fsp3) is 0.222. The third kappa shape index (κ3) is 1.90. The number of hydrogen-bond acceptors (Lipinski definition) is 3. The highest BCUT2D eigenvalue weighted by molar-refractivity contribution is 7.90. The van der Waals surface area contributed by atoms with Gasteiger partial charge in [0, 0.05) is 6.42 Å². The molecule has 0 fully saturated rings. The number of nitrogens with zero attached hydrogens (tertiary/aromatic N) is 1. The molecule has 0 aromatic heterocycles. The van der Waals surface area contributed by atoms with Gasteiger partial charge in [0.1, 0.15) is 10.7 Å². The zero-order valence-corrected chi connectivity index (χ0v) is 10.6. The Labute approximate surface area is 103 Å². The summed E-state index contributed by atoms with van der Waals surface area (Å²) in [6.45, 7) is 1.81. The van der Waals surface area contributed by atoms with Gasteiger partial charge >= 0.3 is 0 Å². The Balaban J connectivity index is 2.68. The standard InChI is InChI=1S/C9H8Cl2N2O2S/c1-2-9-12-7-3-5(10)6(11)4-8(7)16(14,15)13-9/h3-4H,2H2,1H3,(H,12,13). The van der Waals surface area contributed by atoms with E-state index in [-0.39, 0.29) is 9.92 Å². The summed E-state index contributed by atoms with van der Waals surface area (Å²) in [6, 6.07) is 2.79. The van der Waals surface area contributed by atoms with Crippen molar-refractivity contribution in [1.82, 2.24) is 0 Å². The maximum atomic E-state index is 11.8. The van der Waals surface area contributed by atoms with E-state index in [2.05, 4.69) is 9.71 Å². The average molecular weight is 279 g/mol. The van der Waals surface area contributed by atoms with Crippen LogP contribution in [0.3, 0.4) is 0 Å². The number of anilines is 1. The van der Waals surface area contributed by atoms with Crippen LogP contribution in [0.2, 0.25) is 10.0 Å². The van der Waals surface area contributed by atoms with Crippen LogP contribution in [0.5, 0.6) is 0 Å². The molecule has 86 valence electrons. The van der Waals surface area contributed by atoms with E-state index in [0.29, 0.717) is 23.0 Å². The van der Waals surface area contributed by atoms with Crippen LogP contribution in [-0.4, -0.2) is 14.3 Å². The summed E-state index contributed by atoms with van der Waals surface area (Å²) in [5, 5.41) is 3.40. The molecule has 1 heterocycles. The zero-order chi connectivity index (χ0) is 11.9. The maximum Gasteiger partial charge on any atom is 0.286 e. The first kappa shape index (κ1) is 11.7. The first-order valence-electron chi connectivity index (χ1n) is 4.54. The third-order valence-electron chi connectivity index (χ3n) is 2.14. The molecule has 0 aliphatic carbocycles. The van der Waals surface area contributed by atoms with E-state index in [4.69, 9.17) is 23.2 Å². The second kappa shape index (κ2) is 3.91. The summed E-state index contributed by atoms with van der Waals surface area (Å²) in [6.07, 6.45) is 0.499. The molecule has 4 nitrogen and oxygen atoms in total. The molecule has 1 aromatic rings. The van der Waals surface area contributed by atoms with E-state index in [9.17, 15) is 8.42 Å². The van der Waals surface area contributed by atoms with Crippen LogP contribution in [0.25, 0.3) is 0 Å². The normalized spacial score (nSPS) is 17.3. The van der Waals surface area contributed by atoms with Crippen molar-refractivity contribution in [3.8, 4) is 0 Å². The fourth-order valence-corrected chi connectivity index (χ4v) is 2.98. The highest BCUT2D eigenvalue weighted by Gasteiger charge is 2.25. The van der Waals surface area contributed by atoms with Crippen molar-refractivity contribution in [1.29, 1.82) is 0 Å². The van der Waals surface area contributed by atoms with Crippen LogP contribution in [0.15, 0.2) is 21.4 Å². The Morgan fingerprint density at radius 3 is 2.56 bits per heavy atom. The number of benzene rings is 1. The lowest BCUT2D eigenvalue weighted by Gasteiger charge is -2.17. The SMILES string of the molecule is CCC1=NS(=O)(=O)c2cc(Cl)c(Cl)cc2N1. The molecule has 1 N–H and O–H groups in total. The summed E-state index contributed by atoms with van der Waals surface area (Å²) in [5.41, 5.74) is 0.418. The molecule has 0 amide bonds. The second-order valence-electron chi connectivity index (χ2n) is 3.25. The van der Waals surface area contributed by atoms with Gasteiger partial charge in [-0.3, -0.25) is 0 Å². The number of fused-ring (bicyclic) bond motifs is 1. The van der Waals surface area contributed by atoms with Gasteiger partial charge in [-0.1, -0.05) is 30.1 Å². The van der Waals surface area contributed by atoms with Gasteiger partial charge < -0.3 is 5.32 Å². The summed E-state index contributed by atoms with van der Waals surface area (Å²) >= 11 is 11.6. The molecular weight excluding hydrogens is 271 g/mol. The Kier molecular flexibility index (Phi) is 2.86. The van der Waals surface area contributed by atoms with Gasteiger partial charge in [0.25, 0.3) is 10.0 Å². The lowest BCUT2D eigenvalue weighted by molar-refractivity contribution is 0.597. The second-order valence-corrected chi connectivity index (χ2v) is 5.64. The van der Waals surface area contributed by atoms with E-state index in [1.807, 2.05) is 6.92 Å². The molecule has 0 saturated carbocycles. The van der Waals surface area contributed by atoms with Crippen LogP contribution in [0.4, 0.5) is 5.69 Å². The minimum Gasteiger partial charge on any atom is -0.342 e. The minimum atomic E-state index is -3.66. The molecule has 0 radical (unpaired) electrons. The summed E-state index contributed by atoms with van der Waals surface area (Å²) in [5.74, 6) is 0.394. The van der Waals surface area contributed by atoms with Gasteiger partial charge in [0.05, 0.1) is 15.7 Å². The minimum absolute atomic E-state index is 0.0547. The van der Waals surface area contributed by atoms with E-state index >= 15 is 0 Å². The quantitative estimate of drug-likeness (QED) is 0.859. The van der Waals surface area contributed by atoms with Crippen LogP contribution < -0.4 is 5.32 Å². The number of rotatable bonds is 1. The Bertz CT molecular complexity index is 581. The van der Waals surface area contributed by atoms with E-state index in [1.54, 1.807) is 0 Å². The van der Waals surface area contributed by atoms with Crippen LogP contribution >= 0.6 is 23.2 Å². The van der Waals surface area contributed by atoms with Gasteiger partial charge in [-0.05, 0) is 12.1 Å². The summed E-state index contributed by atoms with van der Waals surface area (Å²) in [4.78, 5) is 0.0547. The van der Waals surface area contributed by atoms with E-state index < -0.39 is 10.0 Å². The van der Waals surface area contributed by atoms with Crippen molar-refractivity contribution >= 4 is 44.7 Å². The molecule has 0 unspecified atom stereocenters. The van der Waals surface area contributed by atoms with Crippen LogP contribution in [0.1, 0.15) is 13.3 Å². The molecule has 0 bridgehead atoms. The highest BCUT2D eigenvalue weighted by atomic mass is 35.5. The highest BCUT2D eigenvalue weighted by Crippen LogP contribution is 2.34. The monoisotopic (exact) mass is 278 g/mol. The third-order valence-corrected chi connectivity index (χ3v) is 4.22. The number of amidine groups is 1. The smallest absolute Gasteiger partial charge is 0.286 e.